The summed E-state index contributed by atoms with van der Waals surface area (Å²) >= 11 is 0. The second-order valence-electron chi connectivity index (χ2n) is 6.33. The molecule has 0 amide bonds. The number of ether oxygens (including phenoxy) is 1. The summed E-state index contributed by atoms with van der Waals surface area (Å²) in [7, 11) is 1.69. The van der Waals surface area contributed by atoms with Gasteiger partial charge in [-0.05, 0) is 72.2 Å². The van der Waals surface area contributed by atoms with Crippen LogP contribution in [0.1, 0.15) is 22.3 Å². The topological polar surface area (TPSA) is 29.5 Å². The van der Waals surface area contributed by atoms with Crippen LogP contribution in [0.4, 0.5) is 0 Å². The van der Waals surface area contributed by atoms with Gasteiger partial charge in [0.25, 0.3) is 0 Å². The molecule has 0 saturated carbocycles. The van der Waals surface area contributed by atoms with Crippen molar-refractivity contribution in [2.75, 3.05) is 7.11 Å². The van der Waals surface area contributed by atoms with E-state index in [1.54, 1.807) is 19.2 Å². The van der Waals surface area contributed by atoms with E-state index >= 15 is 0 Å². The summed E-state index contributed by atoms with van der Waals surface area (Å²) in [5.41, 5.74) is 5.32. The first-order valence-electron chi connectivity index (χ1n) is 8.71. The van der Waals surface area contributed by atoms with E-state index < -0.39 is 0 Å². The third kappa shape index (κ3) is 5.12. The highest BCUT2D eigenvalue weighted by Gasteiger charge is 2.01. The van der Waals surface area contributed by atoms with Gasteiger partial charge in [0, 0.05) is 0 Å². The summed E-state index contributed by atoms with van der Waals surface area (Å²) in [5, 5.41) is 9.35. The smallest absolute Gasteiger partial charge is 0.118 e. The SMILES string of the molecule is COc1ccc(CCc2cccc(CCc3ccc(O)cc3)c2)cc1. The molecule has 128 valence electrons. The molecule has 0 bridgehead atoms. The number of phenolic OH excluding ortho intramolecular Hbond substituents is 1. The van der Waals surface area contributed by atoms with Gasteiger partial charge in [-0.25, -0.2) is 0 Å². The first kappa shape index (κ1) is 17.1. The maximum absolute atomic E-state index is 9.35. The number of aromatic hydroxyl groups is 1. The Morgan fingerprint density at radius 1 is 0.640 bits per heavy atom. The number of hydrogen-bond acceptors (Lipinski definition) is 2. The highest BCUT2D eigenvalue weighted by atomic mass is 16.5. The number of hydrogen-bond donors (Lipinski definition) is 1. The van der Waals surface area contributed by atoms with Crippen LogP contribution < -0.4 is 4.74 Å². The standard InChI is InChI=1S/C23H24O2/c1-25-23-15-11-19(12-16-23)6-8-21-4-2-3-20(17-21)7-5-18-9-13-22(24)14-10-18/h2-4,9-17,24H,5-8H2,1H3. The first-order valence-corrected chi connectivity index (χ1v) is 8.71. The average Bonchev–Trinajstić information content (AvgIpc) is 2.67. The summed E-state index contributed by atoms with van der Waals surface area (Å²) in [4.78, 5) is 0. The summed E-state index contributed by atoms with van der Waals surface area (Å²) in [6.07, 6.45) is 4.08. The lowest BCUT2D eigenvalue weighted by Crippen LogP contribution is -1.95. The predicted octanol–water partition coefficient (Wildman–Crippen LogP) is 4.97. The van der Waals surface area contributed by atoms with Crippen molar-refractivity contribution in [3.8, 4) is 11.5 Å². The quantitative estimate of drug-likeness (QED) is 0.662. The molecular weight excluding hydrogens is 308 g/mol. The van der Waals surface area contributed by atoms with Crippen molar-refractivity contribution in [3.63, 3.8) is 0 Å². The fourth-order valence-corrected chi connectivity index (χ4v) is 2.97. The van der Waals surface area contributed by atoms with Gasteiger partial charge in [-0.15, -0.1) is 0 Å². The van der Waals surface area contributed by atoms with Gasteiger partial charge < -0.3 is 9.84 Å². The van der Waals surface area contributed by atoms with Crippen molar-refractivity contribution in [2.24, 2.45) is 0 Å². The average molecular weight is 332 g/mol. The van der Waals surface area contributed by atoms with Crippen LogP contribution in [-0.4, -0.2) is 12.2 Å². The molecule has 0 fully saturated rings. The Morgan fingerprint density at radius 3 is 1.64 bits per heavy atom. The predicted molar refractivity (Wildman–Crippen MR) is 102 cm³/mol. The summed E-state index contributed by atoms with van der Waals surface area (Å²) in [6.45, 7) is 0. The van der Waals surface area contributed by atoms with Gasteiger partial charge in [0.1, 0.15) is 11.5 Å². The molecule has 2 heteroatoms. The van der Waals surface area contributed by atoms with Crippen molar-refractivity contribution in [3.05, 3.63) is 95.1 Å². The number of aryl methyl sites for hydroxylation is 4. The minimum atomic E-state index is 0.323. The third-order valence-corrected chi connectivity index (χ3v) is 4.49. The Kier molecular flexibility index (Phi) is 5.73. The van der Waals surface area contributed by atoms with Crippen molar-refractivity contribution >= 4 is 0 Å². The Balaban J connectivity index is 1.56. The molecule has 0 heterocycles. The molecule has 1 N–H and O–H groups in total. The van der Waals surface area contributed by atoms with Gasteiger partial charge in [-0.3, -0.25) is 0 Å². The summed E-state index contributed by atoms with van der Waals surface area (Å²) < 4.78 is 5.20. The van der Waals surface area contributed by atoms with Crippen molar-refractivity contribution in [2.45, 2.75) is 25.7 Å². The monoisotopic (exact) mass is 332 g/mol. The maximum Gasteiger partial charge on any atom is 0.118 e. The van der Waals surface area contributed by atoms with Crippen LogP contribution in [0.25, 0.3) is 0 Å². The second-order valence-corrected chi connectivity index (χ2v) is 6.33. The molecule has 0 aliphatic rings. The van der Waals surface area contributed by atoms with Crippen molar-refractivity contribution < 1.29 is 9.84 Å². The van der Waals surface area contributed by atoms with Crippen LogP contribution in [0, 0.1) is 0 Å². The molecule has 0 aromatic heterocycles. The summed E-state index contributed by atoms with van der Waals surface area (Å²) in [5.74, 6) is 1.23. The molecule has 0 atom stereocenters. The van der Waals surface area contributed by atoms with E-state index in [4.69, 9.17) is 4.74 Å². The Labute approximate surface area is 149 Å². The summed E-state index contributed by atoms with van der Waals surface area (Å²) in [6, 6.07) is 24.6. The maximum atomic E-state index is 9.35. The normalized spacial score (nSPS) is 10.6. The second kappa shape index (κ2) is 8.39. The molecule has 0 radical (unpaired) electrons. The molecule has 0 spiro atoms. The Hall–Kier alpha value is -2.74. The number of phenols is 1. The van der Waals surface area contributed by atoms with Gasteiger partial charge >= 0.3 is 0 Å². The highest BCUT2D eigenvalue weighted by molar-refractivity contribution is 5.30. The zero-order valence-corrected chi connectivity index (χ0v) is 14.6. The number of rotatable bonds is 7. The molecule has 3 rings (SSSR count). The van der Waals surface area contributed by atoms with Crippen molar-refractivity contribution in [1.29, 1.82) is 0 Å². The Bertz CT molecular complexity index is 789. The minimum absolute atomic E-state index is 0.323. The number of benzene rings is 3. The molecule has 2 nitrogen and oxygen atoms in total. The molecule has 25 heavy (non-hydrogen) atoms. The van der Waals surface area contributed by atoms with Gasteiger partial charge in [0.15, 0.2) is 0 Å². The first-order chi connectivity index (χ1) is 12.2. The van der Waals surface area contributed by atoms with Crippen molar-refractivity contribution in [1.82, 2.24) is 0 Å². The molecule has 0 aliphatic carbocycles. The van der Waals surface area contributed by atoms with E-state index in [2.05, 4.69) is 36.4 Å². The van der Waals surface area contributed by atoms with E-state index in [-0.39, 0.29) is 0 Å². The zero-order chi connectivity index (χ0) is 17.5. The van der Waals surface area contributed by atoms with E-state index in [9.17, 15) is 5.11 Å². The van der Waals surface area contributed by atoms with Gasteiger partial charge in [0.2, 0.25) is 0 Å². The molecule has 0 aliphatic heterocycles. The number of methoxy groups -OCH3 is 1. The van der Waals surface area contributed by atoms with Crippen LogP contribution in [0.15, 0.2) is 72.8 Å². The van der Waals surface area contributed by atoms with Crippen LogP contribution in [0.3, 0.4) is 0 Å². The van der Waals surface area contributed by atoms with Gasteiger partial charge in [-0.1, -0.05) is 48.5 Å². The Morgan fingerprint density at radius 2 is 1.12 bits per heavy atom. The fraction of sp³-hybridized carbons (Fsp3) is 0.217. The lowest BCUT2D eigenvalue weighted by atomic mass is 9.99. The largest absolute Gasteiger partial charge is 0.508 e. The minimum Gasteiger partial charge on any atom is -0.508 e. The van der Waals surface area contributed by atoms with Crippen LogP contribution in [-0.2, 0) is 25.7 Å². The van der Waals surface area contributed by atoms with Gasteiger partial charge in [-0.2, -0.15) is 0 Å². The van der Waals surface area contributed by atoms with Crippen LogP contribution in [0.5, 0.6) is 11.5 Å². The lowest BCUT2D eigenvalue weighted by Gasteiger charge is -2.07. The molecule has 0 saturated heterocycles. The molecule has 3 aromatic rings. The molecule has 3 aromatic carbocycles. The van der Waals surface area contributed by atoms with E-state index in [0.29, 0.717) is 5.75 Å². The molecule has 0 unspecified atom stereocenters. The highest BCUT2D eigenvalue weighted by Crippen LogP contribution is 2.16. The van der Waals surface area contributed by atoms with Gasteiger partial charge in [0.05, 0.1) is 7.11 Å². The van der Waals surface area contributed by atoms with E-state index in [0.717, 1.165) is 31.4 Å². The lowest BCUT2D eigenvalue weighted by molar-refractivity contribution is 0.414. The zero-order valence-electron chi connectivity index (χ0n) is 14.6. The van der Waals surface area contributed by atoms with E-state index in [1.165, 1.54) is 22.3 Å². The fourth-order valence-electron chi connectivity index (χ4n) is 2.97. The molecular formula is C23H24O2. The third-order valence-electron chi connectivity index (χ3n) is 4.49. The van der Waals surface area contributed by atoms with E-state index in [1.807, 2.05) is 24.3 Å². The van der Waals surface area contributed by atoms with Crippen LogP contribution >= 0.6 is 0 Å². The van der Waals surface area contributed by atoms with Crippen LogP contribution in [0.2, 0.25) is 0 Å².